The number of rotatable bonds is 7. The van der Waals surface area contributed by atoms with Gasteiger partial charge in [-0.2, -0.15) is 0 Å². The lowest BCUT2D eigenvalue weighted by atomic mass is 10.1. The van der Waals surface area contributed by atoms with Crippen molar-refractivity contribution in [1.82, 2.24) is 4.90 Å². The van der Waals surface area contributed by atoms with Gasteiger partial charge in [0.1, 0.15) is 0 Å². The molecule has 0 saturated carbocycles. The summed E-state index contributed by atoms with van der Waals surface area (Å²) in [7, 11) is 0. The molecule has 0 unspecified atom stereocenters. The van der Waals surface area contributed by atoms with Crippen LogP contribution in [0.15, 0.2) is 0 Å². The molecule has 0 bridgehead atoms. The van der Waals surface area contributed by atoms with Crippen LogP contribution in [-0.4, -0.2) is 24.0 Å². The topological polar surface area (TPSA) is 46.3 Å². The first kappa shape index (κ1) is 18.3. The molecule has 0 spiro atoms. The summed E-state index contributed by atoms with van der Waals surface area (Å²) in [6.07, 6.45) is 14.9. The van der Waals surface area contributed by atoms with E-state index in [1.54, 1.807) is 4.90 Å². The van der Waals surface area contributed by atoms with Crippen LogP contribution in [0.3, 0.4) is 0 Å². The molecule has 1 fully saturated rings. The summed E-state index contributed by atoms with van der Waals surface area (Å²) >= 11 is 0. The fraction of sp³-hybridized carbons (Fsp3) is 0.938. The standard InChI is InChI=1S/C10H22.C6H12N2O/c1-3-5-7-9-10-8-6-4-2;7-6(9)8-4-2-1-3-5-8/h3-10H2,1-2H3;1-5H2,(H2,7,9). The highest BCUT2D eigenvalue weighted by Gasteiger charge is 2.11. The van der Waals surface area contributed by atoms with Gasteiger partial charge in [0.15, 0.2) is 0 Å². The molecule has 2 N–H and O–H groups in total. The Morgan fingerprint density at radius 1 is 0.842 bits per heavy atom. The Kier molecular flexibility index (Phi) is 13.2. The number of carbonyl (C=O) groups excluding carboxylic acids is 1. The average molecular weight is 270 g/mol. The van der Waals surface area contributed by atoms with Crippen molar-refractivity contribution in [3.8, 4) is 0 Å². The molecule has 2 amide bonds. The Bertz CT molecular complexity index is 193. The Morgan fingerprint density at radius 2 is 1.26 bits per heavy atom. The predicted molar refractivity (Wildman–Crippen MR) is 83.3 cm³/mol. The van der Waals surface area contributed by atoms with Gasteiger partial charge in [0, 0.05) is 13.1 Å². The number of urea groups is 1. The third-order valence-corrected chi connectivity index (χ3v) is 3.62. The zero-order valence-electron chi connectivity index (χ0n) is 13.1. The fourth-order valence-corrected chi connectivity index (χ4v) is 2.32. The van der Waals surface area contributed by atoms with Crippen LogP contribution in [0.4, 0.5) is 4.79 Å². The molecule has 0 radical (unpaired) electrons. The minimum absolute atomic E-state index is 0.269. The van der Waals surface area contributed by atoms with Crippen molar-refractivity contribution < 1.29 is 4.79 Å². The zero-order chi connectivity index (χ0) is 14.3. The highest BCUT2D eigenvalue weighted by atomic mass is 16.2. The van der Waals surface area contributed by atoms with Crippen molar-refractivity contribution in [3.05, 3.63) is 0 Å². The van der Waals surface area contributed by atoms with Gasteiger partial charge in [0.05, 0.1) is 0 Å². The van der Waals surface area contributed by atoms with Crippen LogP contribution in [0, 0.1) is 0 Å². The van der Waals surface area contributed by atoms with Gasteiger partial charge in [-0.15, -0.1) is 0 Å². The molecule has 1 heterocycles. The monoisotopic (exact) mass is 270 g/mol. The maximum absolute atomic E-state index is 10.5. The van der Waals surface area contributed by atoms with Crippen molar-refractivity contribution in [2.45, 2.75) is 84.5 Å². The molecular formula is C16H34N2O. The molecule has 0 aromatic carbocycles. The number of hydrogen-bond donors (Lipinski definition) is 1. The molecule has 19 heavy (non-hydrogen) atoms. The van der Waals surface area contributed by atoms with Crippen molar-refractivity contribution in [1.29, 1.82) is 0 Å². The van der Waals surface area contributed by atoms with Gasteiger partial charge in [-0.1, -0.05) is 65.2 Å². The van der Waals surface area contributed by atoms with E-state index in [9.17, 15) is 4.79 Å². The molecule has 0 aliphatic carbocycles. The summed E-state index contributed by atoms with van der Waals surface area (Å²) in [4.78, 5) is 12.2. The van der Waals surface area contributed by atoms with Gasteiger partial charge < -0.3 is 10.6 Å². The van der Waals surface area contributed by atoms with Crippen molar-refractivity contribution in [2.75, 3.05) is 13.1 Å². The molecule has 0 aromatic heterocycles. The van der Waals surface area contributed by atoms with Crippen LogP contribution in [0.2, 0.25) is 0 Å². The van der Waals surface area contributed by atoms with E-state index in [2.05, 4.69) is 13.8 Å². The van der Waals surface area contributed by atoms with Crippen LogP contribution in [-0.2, 0) is 0 Å². The highest BCUT2D eigenvalue weighted by molar-refractivity contribution is 5.71. The Morgan fingerprint density at radius 3 is 1.58 bits per heavy atom. The Balaban J connectivity index is 0.000000342. The Hall–Kier alpha value is -0.730. The van der Waals surface area contributed by atoms with E-state index in [-0.39, 0.29) is 6.03 Å². The second-order valence-electron chi connectivity index (χ2n) is 5.51. The maximum Gasteiger partial charge on any atom is 0.314 e. The maximum atomic E-state index is 10.5. The first-order valence-electron chi connectivity index (χ1n) is 8.26. The van der Waals surface area contributed by atoms with Crippen molar-refractivity contribution >= 4 is 6.03 Å². The third kappa shape index (κ3) is 12.1. The number of unbranched alkanes of at least 4 members (excludes halogenated alkanes) is 7. The van der Waals surface area contributed by atoms with E-state index < -0.39 is 0 Å². The number of nitrogens with two attached hydrogens (primary N) is 1. The summed E-state index contributed by atoms with van der Waals surface area (Å²) in [5, 5.41) is 0. The lowest BCUT2D eigenvalue weighted by Gasteiger charge is -2.24. The van der Waals surface area contributed by atoms with Crippen molar-refractivity contribution in [2.24, 2.45) is 5.73 Å². The Labute approximate surface area is 119 Å². The first-order chi connectivity index (χ1) is 9.22. The predicted octanol–water partition coefficient (Wildman–Crippen LogP) is 4.70. The van der Waals surface area contributed by atoms with Gasteiger partial charge in [0.2, 0.25) is 0 Å². The quantitative estimate of drug-likeness (QED) is 0.670. The first-order valence-corrected chi connectivity index (χ1v) is 8.26. The van der Waals surface area contributed by atoms with Gasteiger partial charge >= 0.3 is 6.03 Å². The number of hydrogen-bond acceptors (Lipinski definition) is 1. The molecule has 1 aliphatic rings. The van der Waals surface area contributed by atoms with E-state index >= 15 is 0 Å². The summed E-state index contributed by atoms with van der Waals surface area (Å²) in [5.41, 5.74) is 5.05. The summed E-state index contributed by atoms with van der Waals surface area (Å²) in [6, 6.07) is -0.269. The largest absolute Gasteiger partial charge is 0.351 e. The molecule has 114 valence electrons. The lowest BCUT2D eigenvalue weighted by molar-refractivity contribution is 0.196. The smallest absolute Gasteiger partial charge is 0.314 e. The summed E-state index contributed by atoms with van der Waals surface area (Å²) in [5.74, 6) is 0. The van der Waals surface area contributed by atoms with Crippen LogP contribution >= 0.6 is 0 Å². The number of nitrogens with zero attached hydrogens (tertiary/aromatic N) is 1. The van der Waals surface area contributed by atoms with Gasteiger partial charge in [0.25, 0.3) is 0 Å². The number of likely N-dealkylation sites (tertiary alicyclic amines) is 1. The van der Waals surface area contributed by atoms with Gasteiger partial charge in [-0.05, 0) is 19.3 Å². The number of carbonyl (C=O) groups is 1. The summed E-state index contributed by atoms with van der Waals surface area (Å²) in [6.45, 7) is 6.25. The second kappa shape index (κ2) is 13.7. The third-order valence-electron chi connectivity index (χ3n) is 3.62. The molecule has 1 saturated heterocycles. The second-order valence-corrected chi connectivity index (χ2v) is 5.51. The van der Waals surface area contributed by atoms with E-state index in [0.717, 1.165) is 25.9 Å². The van der Waals surface area contributed by atoms with Crippen LogP contribution in [0.5, 0.6) is 0 Å². The zero-order valence-corrected chi connectivity index (χ0v) is 13.1. The van der Waals surface area contributed by atoms with Gasteiger partial charge in [-0.3, -0.25) is 0 Å². The minimum atomic E-state index is -0.269. The van der Waals surface area contributed by atoms with Crippen molar-refractivity contribution in [3.63, 3.8) is 0 Å². The number of piperidine rings is 1. The number of primary amides is 1. The van der Waals surface area contributed by atoms with Gasteiger partial charge in [-0.25, -0.2) is 4.79 Å². The van der Waals surface area contributed by atoms with Crippen LogP contribution in [0.1, 0.15) is 84.5 Å². The average Bonchev–Trinajstić information content (AvgIpc) is 2.44. The van der Waals surface area contributed by atoms with E-state index in [1.807, 2.05) is 0 Å². The highest BCUT2D eigenvalue weighted by Crippen LogP contribution is 2.08. The van der Waals surface area contributed by atoms with Crippen LogP contribution < -0.4 is 5.73 Å². The molecule has 3 heteroatoms. The minimum Gasteiger partial charge on any atom is -0.351 e. The molecule has 1 rings (SSSR count). The van der Waals surface area contributed by atoms with E-state index in [4.69, 9.17) is 5.73 Å². The SMILES string of the molecule is CCCCCCCCCC.NC(=O)N1CCCCC1. The summed E-state index contributed by atoms with van der Waals surface area (Å²) < 4.78 is 0. The van der Waals surface area contributed by atoms with E-state index in [0.29, 0.717) is 0 Å². The molecular weight excluding hydrogens is 236 g/mol. The van der Waals surface area contributed by atoms with E-state index in [1.165, 1.54) is 57.8 Å². The molecule has 1 aliphatic heterocycles. The fourth-order valence-electron chi connectivity index (χ4n) is 2.32. The molecule has 3 nitrogen and oxygen atoms in total. The molecule has 0 atom stereocenters. The number of amides is 2. The van der Waals surface area contributed by atoms with Crippen LogP contribution in [0.25, 0.3) is 0 Å². The normalized spacial score (nSPS) is 14.7. The molecule has 0 aromatic rings. The lowest BCUT2D eigenvalue weighted by Crippen LogP contribution is -2.39.